The minimum Gasteiger partial charge on any atom is -0.259 e. The molecule has 4 heteroatoms. The van der Waals surface area contributed by atoms with Crippen LogP contribution in [0.3, 0.4) is 0 Å². The molecular formula is C13H14N2O2. The highest BCUT2D eigenvalue weighted by Crippen LogP contribution is 2.16. The lowest BCUT2D eigenvalue weighted by Gasteiger charge is -2.02. The molecular weight excluding hydrogens is 216 g/mol. The van der Waals surface area contributed by atoms with E-state index in [-0.39, 0.29) is 16.5 Å². The predicted molar refractivity (Wildman–Crippen MR) is 65.6 cm³/mol. The zero-order valence-electron chi connectivity index (χ0n) is 9.88. The summed E-state index contributed by atoms with van der Waals surface area (Å²) in [6, 6.07) is 8.73. The van der Waals surface area contributed by atoms with Gasteiger partial charge in [-0.15, -0.1) is 0 Å². The van der Waals surface area contributed by atoms with Crippen molar-refractivity contribution in [2.24, 2.45) is 5.92 Å². The van der Waals surface area contributed by atoms with Crippen LogP contribution in [0.5, 0.6) is 0 Å². The van der Waals surface area contributed by atoms with Crippen LogP contribution in [0.25, 0.3) is 6.08 Å². The van der Waals surface area contributed by atoms with Crippen molar-refractivity contribution in [3.8, 4) is 6.07 Å². The van der Waals surface area contributed by atoms with E-state index in [9.17, 15) is 10.1 Å². The van der Waals surface area contributed by atoms with Gasteiger partial charge in [0.2, 0.25) is 5.70 Å². The van der Waals surface area contributed by atoms with E-state index >= 15 is 0 Å². The first kappa shape index (κ1) is 12.9. The van der Waals surface area contributed by atoms with Gasteiger partial charge in [-0.1, -0.05) is 26.0 Å². The first-order valence-corrected chi connectivity index (χ1v) is 5.38. The van der Waals surface area contributed by atoms with Crippen molar-refractivity contribution in [2.45, 2.75) is 20.3 Å². The maximum Gasteiger partial charge on any atom is 0.247 e. The van der Waals surface area contributed by atoms with E-state index in [4.69, 9.17) is 5.26 Å². The van der Waals surface area contributed by atoms with Gasteiger partial charge in [0.25, 0.3) is 0 Å². The Morgan fingerprint density at radius 1 is 1.47 bits per heavy atom. The van der Waals surface area contributed by atoms with Gasteiger partial charge >= 0.3 is 0 Å². The number of allylic oxidation sites excluding steroid dienone is 1. The lowest BCUT2D eigenvalue weighted by atomic mass is 10.1. The topological polar surface area (TPSA) is 66.9 Å². The molecule has 0 atom stereocenters. The van der Waals surface area contributed by atoms with Gasteiger partial charge in [-0.05, 0) is 23.6 Å². The van der Waals surface area contributed by atoms with E-state index in [1.807, 2.05) is 19.9 Å². The minimum atomic E-state index is -0.349. The van der Waals surface area contributed by atoms with Crippen LogP contribution in [0.15, 0.2) is 30.0 Å². The smallest absolute Gasteiger partial charge is 0.247 e. The summed E-state index contributed by atoms with van der Waals surface area (Å²) in [6.07, 6.45) is 1.99. The van der Waals surface area contributed by atoms with Crippen LogP contribution in [-0.2, 0) is 0 Å². The van der Waals surface area contributed by atoms with Gasteiger partial charge in [0.05, 0.1) is 16.6 Å². The standard InChI is InChI=1S/C13H14N2O2/c1-10(2)7-13(15(16)17)8-11-3-5-12(9-14)6-4-11/h3-6,8,10H,7H2,1-2H3/b13-8+. The Bertz CT molecular complexity index is 467. The summed E-state index contributed by atoms with van der Waals surface area (Å²) in [7, 11) is 0. The van der Waals surface area contributed by atoms with Crippen LogP contribution >= 0.6 is 0 Å². The van der Waals surface area contributed by atoms with Crippen molar-refractivity contribution in [1.82, 2.24) is 0 Å². The number of rotatable bonds is 4. The number of nitro groups is 1. The molecule has 0 unspecified atom stereocenters. The second-order valence-corrected chi connectivity index (χ2v) is 4.22. The molecule has 0 saturated heterocycles. The molecule has 17 heavy (non-hydrogen) atoms. The molecule has 4 nitrogen and oxygen atoms in total. The third kappa shape index (κ3) is 4.07. The normalized spacial score (nSPS) is 11.3. The molecule has 0 heterocycles. The number of benzene rings is 1. The van der Waals surface area contributed by atoms with E-state index in [2.05, 4.69) is 0 Å². The van der Waals surface area contributed by atoms with Gasteiger partial charge in [-0.2, -0.15) is 5.26 Å². The Morgan fingerprint density at radius 2 is 2.06 bits per heavy atom. The van der Waals surface area contributed by atoms with Crippen LogP contribution in [0.2, 0.25) is 0 Å². The van der Waals surface area contributed by atoms with Crippen molar-refractivity contribution in [3.05, 3.63) is 51.2 Å². The molecule has 1 aromatic carbocycles. The SMILES string of the molecule is CC(C)C/C(=C\c1ccc(C#N)cc1)[N+](=O)[O-]. The van der Waals surface area contributed by atoms with Crippen LogP contribution in [0.4, 0.5) is 0 Å². The average Bonchev–Trinajstić information content (AvgIpc) is 2.28. The highest BCUT2D eigenvalue weighted by Gasteiger charge is 2.12. The third-order valence-electron chi connectivity index (χ3n) is 2.22. The molecule has 88 valence electrons. The molecule has 0 aliphatic rings. The molecule has 0 aliphatic carbocycles. The molecule has 0 radical (unpaired) electrons. The highest BCUT2D eigenvalue weighted by molar-refractivity contribution is 5.52. The zero-order valence-corrected chi connectivity index (χ0v) is 9.88. The molecule has 1 aromatic rings. The van der Waals surface area contributed by atoms with Gasteiger partial charge in [-0.25, -0.2) is 0 Å². The Hall–Kier alpha value is -2.15. The molecule has 0 N–H and O–H groups in total. The Labute approximate surface area is 100 Å². The third-order valence-corrected chi connectivity index (χ3v) is 2.22. The number of nitrogens with zero attached hydrogens (tertiary/aromatic N) is 2. The summed E-state index contributed by atoms with van der Waals surface area (Å²) in [5.74, 6) is 0.241. The van der Waals surface area contributed by atoms with Crippen molar-refractivity contribution < 1.29 is 4.92 Å². The summed E-state index contributed by atoms with van der Waals surface area (Å²) in [5.41, 5.74) is 1.50. The first-order chi connectivity index (χ1) is 8.02. The minimum absolute atomic E-state index is 0.199. The number of hydrogen-bond acceptors (Lipinski definition) is 3. The highest BCUT2D eigenvalue weighted by atomic mass is 16.6. The molecule has 0 aromatic heterocycles. The Morgan fingerprint density at radius 3 is 2.47 bits per heavy atom. The fourth-order valence-electron chi connectivity index (χ4n) is 1.45. The number of hydrogen-bond donors (Lipinski definition) is 0. The van der Waals surface area contributed by atoms with Gasteiger partial charge < -0.3 is 0 Å². The lowest BCUT2D eigenvalue weighted by molar-refractivity contribution is -0.427. The van der Waals surface area contributed by atoms with E-state index < -0.39 is 0 Å². The Balaban J connectivity index is 2.96. The maximum absolute atomic E-state index is 10.8. The quantitative estimate of drug-likeness (QED) is 0.589. The maximum atomic E-state index is 10.8. The first-order valence-electron chi connectivity index (χ1n) is 5.38. The van der Waals surface area contributed by atoms with Crippen molar-refractivity contribution in [3.63, 3.8) is 0 Å². The van der Waals surface area contributed by atoms with E-state index in [1.54, 1.807) is 30.3 Å². The zero-order chi connectivity index (χ0) is 12.8. The molecule has 0 spiro atoms. The second kappa shape index (κ2) is 5.80. The molecule has 0 aliphatic heterocycles. The summed E-state index contributed by atoms with van der Waals surface area (Å²) in [5, 5.41) is 19.5. The molecule has 0 amide bonds. The summed E-state index contributed by atoms with van der Waals surface area (Å²) < 4.78 is 0. The van der Waals surface area contributed by atoms with Crippen molar-refractivity contribution >= 4 is 6.08 Å². The van der Waals surface area contributed by atoms with Gasteiger partial charge in [-0.3, -0.25) is 10.1 Å². The molecule has 0 fully saturated rings. The van der Waals surface area contributed by atoms with Crippen LogP contribution in [0.1, 0.15) is 31.4 Å². The Kier molecular flexibility index (Phi) is 4.41. The van der Waals surface area contributed by atoms with Crippen molar-refractivity contribution in [2.75, 3.05) is 0 Å². The summed E-state index contributed by atoms with van der Waals surface area (Å²) in [4.78, 5) is 10.5. The van der Waals surface area contributed by atoms with Crippen molar-refractivity contribution in [1.29, 1.82) is 5.26 Å². The molecule has 0 bridgehead atoms. The van der Waals surface area contributed by atoms with Crippen LogP contribution < -0.4 is 0 Å². The fourth-order valence-corrected chi connectivity index (χ4v) is 1.45. The monoisotopic (exact) mass is 230 g/mol. The van der Waals surface area contributed by atoms with E-state index in [0.29, 0.717) is 12.0 Å². The number of nitriles is 1. The van der Waals surface area contributed by atoms with Gasteiger partial charge in [0.15, 0.2) is 0 Å². The lowest BCUT2D eigenvalue weighted by Crippen LogP contribution is -2.02. The molecule has 0 saturated carbocycles. The predicted octanol–water partition coefficient (Wildman–Crippen LogP) is 3.22. The fraction of sp³-hybridized carbons (Fsp3) is 0.308. The van der Waals surface area contributed by atoms with Crippen LogP contribution in [-0.4, -0.2) is 4.92 Å². The molecule has 1 rings (SSSR count). The summed E-state index contributed by atoms with van der Waals surface area (Å²) >= 11 is 0. The average molecular weight is 230 g/mol. The largest absolute Gasteiger partial charge is 0.259 e. The second-order valence-electron chi connectivity index (χ2n) is 4.22. The van der Waals surface area contributed by atoms with E-state index in [1.165, 1.54) is 0 Å². The van der Waals surface area contributed by atoms with Crippen LogP contribution in [0, 0.1) is 27.4 Å². The van der Waals surface area contributed by atoms with Gasteiger partial charge in [0, 0.05) is 12.5 Å². The summed E-state index contributed by atoms with van der Waals surface area (Å²) in [6.45, 7) is 3.88. The van der Waals surface area contributed by atoms with Gasteiger partial charge in [0.1, 0.15) is 0 Å². The van der Waals surface area contributed by atoms with E-state index in [0.717, 1.165) is 5.56 Å².